The van der Waals surface area contributed by atoms with E-state index in [-0.39, 0.29) is 5.91 Å². The van der Waals surface area contributed by atoms with Gasteiger partial charge in [-0.15, -0.1) is 0 Å². The number of nitrogens with one attached hydrogen (secondary N) is 1. The number of hydrogen-bond donors (Lipinski definition) is 1. The Hall–Kier alpha value is -2.05. The van der Waals surface area contributed by atoms with Gasteiger partial charge in [-0.25, -0.2) is 0 Å². The summed E-state index contributed by atoms with van der Waals surface area (Å²) >= 11 is 3.38. The fourth-order valence-electron chi connectivity index (χ4n) is 2.83. The molecular formula is C20H24BrN3O2. The number of halogens is 1. The van der Waals surface area contributed by atoms with Crippen LogP contribution in [-0.2, 0) is 4.79 Å². The quantitative estimate of drug-likeness (QED) is 0.806. The summed E-state index contributed by atoms with van der Waals surface area (Å²) in [5.74, 6) is 0.501. The van der Waals surface area contributed by atoms with Crippen LogP contribution in [0, 0.1) is 0 Å². The summed E-state index contributed by atoms with van der Waals surface area (Å²) in [5.41, 5.74) is 1.97. The van der Waals surface area contributed by atoms with E-state index in [0.717, 1.165) is 36.3 Å². The van der Waals surface area contributed by atoms with E-state index >= 15 is 0 Å². The van der Waals surface area contributed by atoms with Crippen LogP contribution in [0.4, 0.5) is 11.4 Å². The second-order valence-electron chi connectivity index (χ2n) is 6.54. The molecule has 1 aliphatic rings. The maximum absolute atomic E-state index is 12.3. The summed E-state index contributed by atoms with van der Waals surface area (Å²) < 4.78 is 6.66. The van der Waals surface area contributed by atoms with Crippen LogP contribution in [0.3, 0.4) is 0 Å². The van der Waals surface area contributed by atoms with Crippen LogP contribution in [0.5, 0.6) is 5.75 Å². The Kier molecular flexibility index (Phi) is 6.16. The van der Waals surface area contributed by atoms with Crippen molar-refractivity contribution < 1.29 is 9.53 Å². The number of amides is 1. The van der Waals surface area contributed by atoms with Crippen LogP contribution < -0.4 is 15.0 Å². The second kappa shape index (κ2) is 8.56. The van der Waals surface area contributed by atoms with Crippen molar-refractivity contribution in [2.45, 2.75) is 13.0 Å². The van der Waals surface area contributed by atoms with Crippen LogP contribution in [0.1, 0.15) is 6.92 Å². The second-order valence-corrected chi connectivity index (χ2v) is 7.46. The number of carbonyl (C=O) groups excluding carboxylic acids is 1. The lowest BCUT2D eigenvalue weighted by Gasteiger charge is -2.34. The average Bonchev–Trinajstić information content (AvgIpc) is 2.65. The zero-order valence-electron chi connectivity index (χ0n) is 15.1. The topological polar surface area (TPSA) is 44.8 Å². The van der Waals surface area contributed by atoms with Crippen molar-refractivity contribution in [2.75, 3.05) is 43.4 Å². The van der Waals surface area contributed by atoms with Crippen molar-refractivity contribution in [2.24, 2.45) is 0 Å². The number of hydrogen-bond acceptors (Lipinski definition) is 4. The molecule has 0 unspecified atom stereocenters. The normalized spacial score (nSPS) is 16.2. The number of ether oxygens (including phenoxy) is 1. The molecule has 3 rings (SSSR count). The molecule has 26 heavy (non-hydrogen) atoms. The number of nitrogens with zero attached hydrogens (tertiary/aromatic N) is 2. The minimum absolute atomic E-state index is 0.166. The van der Waals surface area contributed by atoms with Gasteiger partial charge in [-0.1, -0.05) is 15.9 Å². The molecule has 1 fully saturated rings. The third-order valence-corrected chi connectivity index (χ3v) is 5.03. The fourth-order valence-corrected chi connectivity index (χ4v) is 3.10. The summed E-state index contributed by atoms with van der Waals surface area (Å²) in [5, 5.41) is 2.91. The van der Waals surface area contributed by atoms with E-state index in [2.05, 4.69) is 50.2 Å². The van der Waals surface area contributed by atoms with Gasteiger partial charge in [-0.3, -0.25) is 4.79 Å². The van der Waals surface area contributed by atoms with Gasteiger partial charge in [-0.2, -0.15) is 0 Å². The van der Waals surface area contributed by atoms with E-state index in [9.17, 15) is 4.79 Å². The molecule has 2 aromatic carbocycles. The maximum Gasteiger partial charge on any atom is 0.265 e. The van der Waals surface area contributed by atoms with E-state index in [0.29, 0.717) is 5.75 Å². The van der Waals surface area contributed by atoms with E-state index in [1.165, 1.54) is 5.69 Å². The first-order chi connectivity index (χ1) is 12.5. The summed E-state index contributed by atoms with van der Waals surface area (Å²) in [4.78, 5) is 17.0. The minimum Gasteiger partial charge on any atom is -0.481 e. The first-order valence-electron chi connectivity index (χ1n) is 8.78. The Morgan fingerprint density at radius 1 is 1.04 bits per heavy atom. The van der Waals surface area contributed by atoms with E-state index in [1.807, 2.05) is 36.4 Å². The molecule has 6 heteroatoms. The van der Waals surface area contributed by atoms with Crippen molar-refractivity contribution in [1.82, 2.24) is 4.90 Å². The fraction of sp³-hybridized carbons (Fsp3) is 0.350. The number of benzene rings is 2. The maximum atomic E-state index is 12.3. The van der Waals surface area contributed by atoms with Gasteiger partial charge in [0.05, 0.1) is 0 Å². The molecule has 0 aliphatic carbocycles. The van der Waals surface area contributed by atoms with Crippen molar-refractivity contribution >= 4 is 33.2 Å². The van der Waals surface area contributed by atoms with Gasteiger partial charge in [0.2, 0.25) is 0 Å². The number of anilines is 2. The van der Waals surface area contributed by atoms with Crippen LogP contribution >= 0.6 is 15.9 Å². The third-order valence-electron chi connectivity index (χ3n) is 4.50. The van der Waals surface area contributed by atoms with Crippen molar-refractivity contribution in [3.8, 4) is 5.75 Å². The van der Waals surface area contributed by atoms with Crippen LogP contribution in [0.15, 0.2) is 53.0 Å². The van der Waals surface area contributed by atoms with Gasteiger partial charge in [0.15, 0.2) is 6.10 Å². The van der Waals surface area contributed by atoms with E-state index in [1.54, 1.807) is 6.92 Å². The SMILES string of the molecule is C[C@H](Oc1ccc(Br)cc1)C(=O)Nc1ccc(N2CCN(C)CC2)cc1. The Bertz CT molecular complexity index is 726. The molecule has 0 saturated carbocycles. The van der Waals surface area contributed by atoms with Gasteiger partial charge in [0, 0.05) is 42.0 Å². The molecule has 0 bridgehead atoms. The molecule has 0 aromatic heterocycles. The smallest absolute Gasteiger partial charge is 0.265 e. The van der Waals surface area contributed by atoms with Crippen LogP contribution in [-0.4, -0.2) is 50.1 Å². The summed E-state index contributed by atoms with van der Waals surface area (Å²) in [6, 6.07) is 15.4. The Balaban J connectivity index is 1.54. The molecule has 138 valence electrons. The number of likely N-dealkylation sites (N-methyl/N-ethyl adjacent to an activating group) is 1. The highest BCUT2D eigenvalue weighted by atomic mass is 79.9. The lowest BCUT2D eigenvalue weighted by molar-refractivity contribution is -0.122. The molecule has 5 nitrogen and oxygen atoms in total. The van der Waals surface area contributed by atoms with Crippen LogP contribution in [0.25, 0.3) is 0 Å². The largest absolute Gasteiger partial charge is 0.481 e. The highest BCUT2D eigenvalue weighted by Crippen LogP contribution is 2.20. The molecule has 1 atom stereocenters. The van der Waals surface area contributed by atoms with E-state index < -0.39 is 6.10 Å². The Morgan fingerprint density at radius 2 is 1.65 bits per heavy atom. The zero-order valence-corrected chi connectivity index (χ0v) is 16.7. The van der Waals surface area contributed by atoms with Crippen molar-refractivity contribution in [1.29, 1.82) is 0 Å². The summed E-state index contributed by atoms with van der Waals surface area (Å²) in [7, 11) is 2.15. The van der Waals surface area contributed by atoms with Crippen molar-refractivity contribution in [3.05, 3.63) is 53.0 Å². The number of carbonyl (C=O) groups is 1. The van der Waals surface area contributed by atoms with Crippen LogP contribution in [0.2, 0.25) is 0 Å². The highest BCUT2D eigenvalue weighted by Gasteiger charge is 2.16. The van der Waals surface area contributed by atoms with Crippen molar-refractivity contribution in [3.63, 3.8) is 0 Å². The molecule has 0 spiro atoms. The summed E-state index contributed by atoms with van der Waals surface area (Å²) in [6.07, 6.45) is -0.575. The van der Waals surface area contributed by atoms with Gasteiger partial charge in [-0.05, 0) is 62.5 Å². The zero-order chi connectivity index (χ0) is 18.5. The highest BCUT2D eigenvalue weighted by molar-refractivity contribution is 9.10. The molecule has 1 saturated heterocycles. The molecule has 2 aromatic rings. The predicted octanol–water partition coefficient (Wildman–Crippen LogP) is 3.61. The Labute approximate surface area is 163 Å². The molecular weight excluding hydrogens is 394 g/mol. The first kappa shape index (κ1) is 18.7. The lowest BCUT2D eigenvalue weighted by atomic mass is 10.2. The van der Waals surface area contributed by atoms with Gasteiger partial charge in [0.25, 0.3) is 5.91 Å². The molecule has 0 radical (unpaired) electrons. The van der Waals surface area contributed by atoms with Gasteiger partial charge in [0.1, 0.15) is 5.75 Å². The minimum atomic E-state index is -0.575. The molecule has 1 amide bonds. The lowest BCUT2D eigenvalue weighted by Crippen LogP contribution is -2.44. The van der Waals surface area contributed by atoms with Gasteiger partial charge < -0.3 is 19.9 Å². The predicted molar refractivity (Wildman–Crippen MR) is 109 cm³/mol. The monoisotopic (exact) mass is 417 g/mol. The first-order valence-corrected chi connectivity index (χ1v) is 9.57. The Morgan fingerprint density at radius 3 is 2.27 bits per heavy atom. The van der Waals surface area contributed by atoms with E-state index in [4.69, 9.17) is 4.74 Å². The number of rotatable bonds is 5. The third kappa shape index (κ3) is 4.99. The average molecular weight is 418 g/mol. The molecule has 1 N–H and O–H groups in total. The molecule has 1 heterocycles. The van der Waals surface area contributed by atoms with Gasteiger partial charge >= 0.3 is 0 Å². The number of piperazine rings is 1. The molecule has 1 aliphatic heterocycles. The summed E-state index contributed by atoms with van der Waals surface area (Å²) in [6.45, 7) is 5.95. The standard InChI is InChI=1S/C20H24BrN3O2/c1-15(26-19-9-3-16(21)4-10-19)20(25)22-17-5-7-18(8-6-17)24-13-11-23(2)12-14-24/h3-10,15H,11-14H2,1-2H3,(H,22,25)/t15-/m0/s1.